The number of rotatable bonds is 6. The van der Waals surface area contributed by atoms with Crippen molar-refractivity contribution in [2.24, 2.45) is 0 Å². The average molecular weight is 375 g/mol. The van der Waals surface area contributed by atoms with E-state index in [0.717, 1.165) is 19.3 Å². The molecule has 1 saturated heterocycles. The second-order valence-electron chi connectivity index (χ2n) is 6.55. The van der Waals surface area contributed by atoms with Crippen LogP contribution in [0.4, 0.5) is 0 Å². The van der Waals surface area contributed by atoms with Crippen molar-refractivity contribution in [3.05, 3.63) is 65.7 Å². The van der Waals surface area contributed by atoms with Crippen molar-refractivity contribution in [1.29, 1.82) is 0 Å². The third kappa shape index (κ3) is 3.92. The van der Waals surface area contributed by atoms with Gasteiger partial charge in [0, 0.05) is 13.1 Å². The van der Waals surface area contributed by atoms with Crippen molar-refractivity contribution in [3.63, 3.8) is 0 Å². The Hall–Kier alpha value is -1.89. The van der Waals surface area contributed by atoms with Crippen LogP contribution in [0.25, 0.3) is 0 Å². The minimum Gasteiger partial charge on any atom is -0.497 e. The molecule has 2 atom stereocenters. The molecule has 1 aliphatic rings. The molecule has 140 valence electrons. The van der Waals surface area contributed by atoms with Gasteiger partial charge in [0.05, 0.1) is 7.11 Å². The third-order valence-electron chi connectivity index (χ3n) is 4.87. The number of hydrogen-bond donors (Lipinski definition) is 1. The third-order valence-corrected chi connectivity index (χ3v) is 7.12. The lowest BCUT2D eigenvalue weighted by atomic mass is 10.0. The van der Waals surface area contributed by atoms with Gasteiger partial charge in [-0.15, -0.1) is 0 Å². The summed E-state index contributed by atoms with van der Waals surface area (Å²) in [7, 11) is -2.12. The molecule has 26 heavy (non-hydrogen) atoms. The van der Waals surface area contributed by atoms with E-state index in [1.807, 2.05) is 6.07 Å². The van der Waals surface area contributed by atoms with Crippen molar-refractivity contribution in [2.75, 3.05) is 20.2 Å². The highest BCUT2D eigenvalue weighted by Crippen LogP contribution is 2.38. The van der Waals surface area contributed by atoms with Gasteiger partial charge in [0.15, 0.2) is 0 Å². The van der Waals surface area contributed by atoms with Gasteiger partial charge in [0.1, 0.15) is 17.1 Å². The Labute approximate surface area is 155 Å². The van der Waals surface area contributed by atoms with Crippen molar-refractivity contribution < 1.29 is 18.3 Å². The molecule has 1 fully saturated rings. The standard InChI is InChI=1S/C20H25NO4S/c1-25-18-12-10-16(11-13-18)19(22)20(17-8-4-2-5-9-17)26(23,24)21-14-6-3-7-15-21/h2,4-5,8-13,19-20,22H,3,6-7,14-15H2,1H3/t19-,20+/m1/s1. The Morgan fingerprint density at radius 3 is 2.12 bits per heavy atom. The number of hydrogen-bond acceptors (Lipinski definition) is 4. The zero-order valence-corrected chi connectivity index (χ0v) is 15.7. The summed E-state index contributed by atoms with van der Waals surface area (Å²) in [5.74, 6) is 0.663. The minimum atomic E-state index is -3.69. The lowest BCUT2D eigenvalue weighted by Crippen LogP contribution is -2.40. The van der Waals surface area contributed by atoms with E-state index in [0.29, 0.717) is 30.0 Å². The van der Waals surface area contributed by atoms with E-state index in [9.17, 15) is 13.5 Å². The van der Waals surface area contributed by atoms with Crippen LogP contribution in [-0.2, 0) is 10.0 Å². The lowest BCUT2D eigenvalue weighted by Gasteiger charge is -2.32. The van der Waals surface area contributed by atoms with E-state index in [-0.39, 0.29) is 0 Å². The fourth-order valence-electron chi connectivity index (χ4n) is 3.42. The molecule has 2 aromatic carbocycles. The maximum atomic E-state index is 13.4. The average Bonchev–Trinajstić information content (AvgIpc) is 2.69. The summed E-state index contributed by atoms with van der Waals surface area (Å²) in [5.41, 5.74) is 1.15. The summed E-state index contributed by atoms with van der Waals surface area (Å²) in [5, 5.41) is 9.98. The first-order valence-electron chi connectivity index (χ1n) is 8.90. The smallest absolute Gasteiger partial charge is 0.224 e. The van der Waals surface area contributed by atoms with Crippen LogP contribution in [0.3, 0.4) is 0 Å². The number of aliphatic hydroxyl groups is 1. The molecule has 0 bridgehead atoms. The van der Waals surface area contributed by atoms with E-state index in [1.165, 1.54) is 4.31 Å². The van der Waals surface area contributed by atoms with Crippen LogP contribution >= 0.6 is 0 Å². The van der Waals surface area contributed by atoms with Crippen LogP contribution < -0.4 is 4.74 Å². The second kappa shape index (κ2) is 8.20. The van der Waals surface area contributed by atoms with Crippen LogP contribution in [0.15, 0.2) is 54.6 Å². The number of piperidine rings is 1. The van der Waals surface area contributed by atoms with Crippen LogP contribution in [-0.4, -0.2) is 38.0 Å². The molecule has 0 aromatic heterocycles. The molecule has 0 unspecified atom stereocenters. The summed E-state index contributed by atoms with van der Waals surface area (Å²) in [6.45, 7) is 1.03. The first-order chi connectivity index (χ1) is 12.5. The number of sulfonamides is 1. The fourth-order valence-corrected chi connectivity index (χ4v) is 5.49. The SMILES string of the molecule is COc1ccc([C@@H](O)[C@H](c2ccccc2)S(=O)(=O)N2CCCCC2)cc1. The quantitative estimate of drug-likeness (QED) is 0.841. The van der Waals surface area contributed by atoms with E-state index in [2.05, 4.69) is 0 Å². The zero-order valence-electron chi connectivity index (χ0n) is 14.9. The Morgan fingerprint density at radius 1 is 0.923 bits per heavy atom. The van der Waals surface area contributed by atoms with Gasteiger partial charge in [-0.1, -0.05) is 48.9 Å². The summed E-state index contributed by atoms with van der Waals surface area (Å²) in [4.78, 5) is 0. The normalized spacial score (nSPS) is 18.2. The Bertz CT molecular complexity index is 799. The predicted octanol–water partition coefficient (Wildman–Crippen LogP) is 3.29. The zero-order chi connectivity index (χ0) is 18.6. The van der Waals surface area contributed by atoms with Crippen LogP contribution in [0.5, 0.6) is 5.75 Å². The molecule has 0 radical (unpaired) electrons. The first-order valence-corrected chi connectivity index (χ1v) is 10.4. The van der Waals surface area contributed by atoms with Crippen LogP contribution in [0, 0.1) is 0 Å². The number of methoxy groups -OCH3 is 1. The number of aliphatic hydroxyl groups excluding tert-OH is 1. The molecule has 0 amide bonds. The largest absolute Gasteiger partial charge is 0.497 e. The Morgan fingerprint density at radius 2 is 1.54 bits per heavy atom. The molecule has 0 spiro atoms. The van der Waals surface area contributed by atoms with Crippen molar-refractivity contribution in [1.82, 2.24) is 4.31 Å². The van der Waals surface area contributed by atoms with Gasteiger partial charge in [0.2, 0.25) is 10.0 Å². The van der Waals surface area contributed by atoms with Gasteiger partial charge in [-0.2, -0.15) is 0 Å². The highest BCUT2D eigenvalue weighted by atomic mass is 32.2. The van der Waals surface area contributed by atoms with Crippen molar-refractivity contribution >= 4 is 10.0 Å². The van der Waals surface area contributed by atoms with Crippen LogP contribution in [0.2, 0.25) is 0 Å². The lowest BCUT2D eigenvalue weighted by molar-refractivity contribution is 0.167. The van der Waals surface area contributed by atoms with Crippen LogP contribution in [0.1, 0.15) is 41.7 Å². The maximum absolute atomic E-state index is 13.4. The van der Waals surface area contributed by atoms with Crippen molar-refractivity contribution in [3.8, 4) is 5.75 Å². The van der Waals surface area contributed by atoms with E-state index in [4.69, 9.17) is 4.74 Å². The molecule has 1 heterocycles. The summed E-state index contributed by atoms with van der Waals surface area (Å²) < 4.78 is 33.4. The minimum absolute atomic E-state index is 0.515. The number of nitrogens with zero attached hydrogens (tertiary/aromatic N) is 1. The van der Waals surface area contributed by atoms with E-state index in [1.54, 1.807) is 55.6 Å². The molecule has 3 rings (SSSR count). The number of ether oxygens (including phenoxy) is 1. The van der Waals surface area contributed by atoms with Crippen molar-refractivity contribution in [2.45, 2.75) is 30.6 Å². The van der Waals surface area contributed by atoms with Gasteiger partial charge >= 0.3 is 0 Å². The molecule has 2 aromatic rings. The Kier molecular flexibility index (Phi) is 5.96. The fraction of sp³-hybridized carbons (Fsp3) is 0.400. The molecule has 0 saturated carbocycles. The molecule has 5 nitrogen and oxygen atoms in total. The van der Waals surface area contributed by atoms with Gasteiger partial charge in [-0.05, 0) is 36.1 Å². The van der Waals surface area contributed by atoms with Gasteiger partial charge in [-0.25, -0.2) is 12.7 Å². The molecule has 0 aliphatic carbocycles. The van der Waals surface area contributed by atoms with Gasteiger partial charge in [-0.3, -0.25) is 0 Å². The molecule has 6 heteroatoms. The highest BCUT2D eigenvalue weighted by molar-refractivity contribution is 7.89. The van der Waals surface area contributed by atoms with E-state index >= 15 is 0 Å². The Balaban J connectivity index is 2.00. The van der Waals surface area contributed by atoms with Gasteiger partial charge < -0.3 is 9.84 Å². The predicted molar refractivity (Wildman–Crippen MR) is 101 cm³/mol. The summed E-state index contributed by atoms with van der Waals surface area (Å²) in [6.07, 6.45) is 1.61. The van der Waals surface area contributed by atoms with Gasteiger partial charge in [0.25, 0.3) is 0 Å². The molecule has 1 N–H and O–H groups in total. The number of benzene rings is 2. The second-order valence-corrected chi connectivity index (χ2v) is 8.61. The monoisotopic (exact) mass is 375 g/mol. The highest BCUT2D eigenvalue weighted by Gasteiger charge is 2.39. The molecular formula is C20H25NO4S. The molecular weight excluding hydrogens is 350 g/mol. The molecule has 1 aliphatic heterocycles. The first kappa shape index (κ1) is 18.9. The summed E-state index contributed by atoms with van der Waals surface area (Å²) in [6, 6.07) is 15.9. The van der Waals surface area contributed by atoms with E-state index < -0.39 is 21.4 Å². The maximum Gasteiger partial charge on any atom is 0.224 e. The summed E-state index contributed by atoms with van der Waals surface area (Å²) >= 11 is 0. The topological polar surface area (TPSA) is 66.8 Å².